The van der Waals surface area contributed by atoms with Gasteiger partial charge >= 0.3 is 0 Å². The Bertz CT molecular complexity index is 456. The second kappa shape index (κ2) is 4.66. The van der Waals surface area contributed by atoms with Crippen molar-refractivity contribution in [1.82, 2.24) is 4.98 Å². The average Bonchev–Trinajstić information content (AvgIpc) is 2.33. The molecule has 0 aliphatic heterocycles. The number of nitrogens with two attached hydrogens (primary N) is 1. The minimum Gasteiger partial charge on any atom is -0.482 e. The van der Waals surface area contributed by atoms with Crippen LogP contribution in [-0.4, -0.2) is 4.98 Å². The van der Waals surface area contributed by atoms with Crippen LogP contribution in [0.3, 0.4) is 0 Å². The fraction of sp³-hybridized carbons (Fsp3) is 0.154. The first kappa shape index (κ1) is 10.5. The van der Waals surface area contributed by atoms with Gasteiger partial charge in [-0.05, 0) is 24.6 Å². The number of rotatable bonds is 3. The van der Waals surface area contributed by atoms with Crippen molar-refractivity contribution in [3.8, 4) is 5.75 Å². The van der Waals surface area contributed by atoms with E-state index in [1.165, 1.54) is 0 Å². The van der Waals surface area contributed by atoms with Crippen molar-refractivity contribution in [2.75, 3.05) is 5.73 Å². The van der Waals surface area contributed by atoms with Crippen LogP contribution < -0.4 is 10.5 Å². The zero-order chi connectivity index (χ0) is 11.4. The molecule has 0 amide bonds. The van der Waals surface area contributed by atoms with Crippen LogP contribution in [0.15, 0.2) is 48.7 Å². The third kappa shape index (κ3) is 2.31. The molecule has 2 rings (SSSR count). The van der Waals surface area contributed by atoms with Gasteiger partial charge in [-0.15, -0.1) is 0 Å². The van der Waals surface area contributed by atoms with Crippen LogP contribution >= 0.6 is 0 Å². The summed E-state index contributed by atoms with van der Waals surface area (Å²) in [6, 6.07) is 13.6. The van der Waals surface area contributed by atoms with Crippen LogP contribution in [0.5, 0.6) is 5.75 Å². The highest BCUT2D eigenvalue weighted by Crippen LogP contribution is 2.24. The normalized spacial score (nSPS) is 12.1. The third-order valence-electron chi connectivity index (χ3n) is 2.37. The number of aromatic nitrogens is 1. The second-order valence-electron chi connectivity index (χ2n) is 3.56. The minimum absolute atomic E-state index is 0.0345. The van der Waals surface area contributed by atoms with Crippen LogP contribution in [-0.2, 0) is 0 Å². The van der Waals surface area contributed by atoms with Gasteiger partial charge in [0, 0.05) is 6.20 Å². The van der Waals surface area contributed by atoms with Crippen molar-refractivity contribution in [2.45, 2.75) is 13.0 Å². The van der Waals surface area contributed by atoms with E-state index >= 15 is 0 Å². The van der Waals surface area contributed by atoms with E-state index < -0.39 is 0 Å². The van der Waals surface area contributed by atoms with E-state index in [0.29, 0.717) is 11.6 Å². The van der Waals surface area contributed by atoms with Gasteiger partial charge in [0.2, 0.25) is 0 Å². The fourth-order valence-electron chi connectivity index (χ4n) is 1.48. The summed E-state index contributed by atoms with van der Waals surface area (Å²) in [7, 11) is 0. The number of hydrogen-bond donors (Lipinski definition) is 1. The van der Waals surface area contributed by atoms with E-state index in [1.807, 2.05) is 49.4 Å². The molecule has 0 bridgehead atoms. The molecule has 0 aliphatic rings. The molecule has 0 spiro atoms. The first-order valence-corrected chi connectivity index (χ1v) is 5.19. The summed E-state index contributed by atoms with van der Waals surface area (Å²) in [4.78, 5) is 3.98. The molecule has 0 saturated heterocycles. The second-order valence-corrected chi connectivity index (χ2v) is 3.56. The molecule has 0 unspecified atom stereocenters. The van der Waals surface area contributed by atoms with Gasteiger partial charge in [-0.3, -0.25) is 0 Å². The molecule has 2 aromatic rings. The molecule has 1 atom stereocenters. The SMILES string of the molecule is C[C@H](Oc1cccnc1N)c1ccccc1. The molecule has 1 aromatic carbocycles. The van der Waals surface area contributed by atoms with Crippen LogP contribution in [0.4, 0.5) is 5.82 Å². The summed E-state index contributed by atoms with van der Waals surface area (Å²) in [6.45, 7) is 1.99. The molecule has 0 fully saturated rings. The summed E-state index contributed by atoms with van der Waals surface area (Å²) in [5, 5.41) is 0. The molecule has 0 saturated carbocycles. The number of ether oxygens (including phenoxy) is 1. The van der Waals surface area contributed by atoms with Crippen molar-refractivity contribution in [3.05, 3.63) is 54.2 Å². The standard InChI is InChI=1S/C13H14N2O/c1-10(11-6-3-2-4-7-11)16-12-8-5-9-15-13(12)14/h2-10H,1H3,(H2,14,15)/t10-/m0/s1. The Labute approximate surface area is 94.9 Å². The van der Waals surface area contributed by atoms with Crippen LogP contribution in [0.2, 0.25) is 0 Å². The Kier molecular flexibility index (Phi) is 3.05. The molecule has 0 radical (unpaired) electrons. The van der Waals surface area contributed by atoms with Crippen LogP contribution in [0.1, 0.15) is 18.6 Å². The largest absolute Gasteiger partial charge is 0.482 e. The summed E-state index contributed by atoms with van der Waals surface area (Å²) in [5.74, 6) is 1.05. The lowest BCUT2D eigenvalue weighted by molar-refractivity contribution is 0.227. The highest BCUT2D eigenvalue weighted by molar-refractivity contribution is 5.45. The van der Waals surface area contributed by atoms with Gasteiger partial charge in [0.15, 0.2) is 11.6 Å². The van der Waals surface area contributed by atoms with Gasteiger partial charge in [-0.1, -0.05) is 30.3 Å². The Morgan fingerprint density at radius 3 is 2.56 bits per heavy atom. The fourth-order valence-corrected chi connectivity index (χ4v) is 1.48. The van der Waals surface area contributed by atoms with Crippen LogP contribution in [0.25, 0.3) is 0 Å². The van der Waals surface area contributed by atoms with Crippen molar-refractivity contribution in [1.29, 1.82) is 0 Å². The van der Waals surface area contributed by atoms with Crippen molar-refractivity contribution < 1.29 is 4.74 Å². The van der Waals surface area contributed by atoms with Crippen LogP contribution in [0, 0.1) is 0 Å². The topological polar surface area (TPSA) is 48.1 Å². The average molecular weight is 214 g/mol. The quantitative estimate of drug-likeness (QED) is 0.854. The molecule has 0 aliphatic carbocycles. The zero-order valence-electron chi connectivity index (χ0n) is 9.13. The van der Waals surface area contributed by atoms with E-state index in [1.54, 1.807) is 6.20 Å². The van der Waals surface area contributed by atoms with Crippen molar-refractivity contribution >= 4 is 5.82 Å². The smallest absolute Gasteiger partial charge is 0.166 e. The highest BCUT2D eigenvalue weighted by atomic mass is 16.5. The first-order chi connectivity index (χ1) is 7.77. The van der Waals surface area contributed by atoms with E-state index in [2.05, 4.69) is 4.98 Å². The first-order valence-electron chi connectivity index (χ1n) is 5.19. The number of benzene rings is 1. The lowest BCUT2D eigenvalue weighted by Gasteiger charge is -2.15. The van der Waals surface area contributed by atoms with Crippen molar-refractivity contribution in [2.24, 2.45) is 0 Å². The predicted octanol–water partition coefficient (Wildman–Crippen LogP) is 2.80. The Morgan fingerprint density at radius 1 is 1.12 bits per heavy atom. The number of hydrogen-bond acceptors (Lipinski definition) is 3. The number of nitrogen functional groups attached to an aromatic ring is 1. The summed E-state index contributed by atoms with van der Waals surface area (Å²) >= 11 is 0. The van der Waals surface area contributed by atoms with Gasteiger partial charge in [-0.2, -0.15) is 0 Å². The minimum atomic E-state index is -0.0345. The molecular formula is C13H14N2O. The van der Waals surface area contributed by atoms with Gasteiger partial charge in [0.25, 0.3) is 0 Å². The maximum absolute atomic E-state index is 5.74. The molecule has 2 N–H and O–H groups in total. The Balaban J connectivity index is 2.14. The van der Waals surface area contributed by atoms with Gasteiger partial charge < -0.3 is 10.5 Å². The summed E-state index contributed by atoms with van der Waals surface area (Å²) in [5.41, 5.74) is 6.83. The maximum Gasteiger partial charge on any atom is 0.166 e. The third-order valence-corrected chi connectivity index (χ3v) is 2.37. The lowest BCUT2D eigenvalue weighted by Crippen LogP contribution is -2.05. The maximum atomic E-state index is 5.74. The van der Waals surface area contributed by atoms with Crippen molar-refractivity contribution in [3.63, 3.8) is 0 Å². The molecule has 3 heteroatoms. The molecule has 3 nitrogen and oxygen atoms in total. The number of anilines is 1. The Morgan fingerprint density at radius 2 is 1.88 bits per heavy atom. The highest BCUT2D eigenvalue weighted by Gasteiger charge is 2.08. The molecule has 1 heterocycles. The van der Waals surface area contributed by atoms with E-state index in [4.69, 9.17) is 10.5 Å². The van der Waals surface area contributed by atoms with E-state index in [9.17, 15) is 0 Å². The molecular weight excluding hydrogens is 200 g/mol. The van der Waals surface area contributed by atoms with Gasteiger partial charge in [-0.25, -0.2) is 4.98 Å². The van der Waals surface area contributed by atoms with Gasteiger partial charge in [0.05, 0.1) is 0 Å². The monoisotopic (exact) mass is 214 g/mol. The van der Waals surface area contributed by atoms with Gasteiger partial charge in [0.1, 0.15) is 6.10 Å². The predicted molar refractivity (Wildman–Crippen MR) is 64.1 cm³/mol. The van der Waals surface area contributed by atoms with E-state index in [0.717, 1.165) is 5.56 Å². The Hall–Kier alpha value is -2.03. The number of nitrogens with zero attached hydrogens (tertiary/aromatic N) is 1. The van der Waals surface area contributed by atoms with E-state index in [-0.39, 0.29) is 6.10 Å². The summed E-state index contributed by atoms with van der Waals surface area (Å²) < 4.78 is 5.74. The lowest BCUT2D eigenvalue weighted by atomic mass is 10.1. The summed E-state index contributed by atoms with van der Waals surface area (Å²) in [6.07, 6.45) is 1.61. The molecule has 82 valence electrons. The number of pyridine rings is 1. The molecule has 16 heavy (non-hydrogen) atoms. The molecule has 1 aromatic heterocycles. The zero-order valence-corrected chi connectivity index (χ0v) is 9.13.